The lowest BCUT2D eigenvalue weighted by Gasteiger charge is -1.86. The molecule has 64 valence electrons. The van der Waals surface area contributed by atoms with E-state index in [9.17, 15) is 0 Å². The molecule has 0 atom stereocenters. The van der Waals surface area contributed by atoms with Crippen LogP contribution in [0, 0.1) is 0 Å². The Hall–Kier alpha value is 0.360. The van der Waals surface area contributed by atoms with E-state index in [1.807, 2.05) is 0 Å². The molecular formula is C8H8S4. The summed E-state index contributed by atoms with van der Waals surface area (Å²) in [5.74, 6) is 0. The molecule has 2 aliphatic heterocycles. The first-order chi connectivity index (χ1) is 6.00. The largest absolute Gasteiger partial charge is 0.105 e. The highest BCUT2D eigenvalue weighted by Crippen LogP contribution is 2.18. The van der Waals surface area contributed by atoms with Crippen LogP contribution in [0.5, 0.6) is 0 Å². The Morgan fingerprint density at radius 1 is 0.333 bits per heavy atom. The predicted molar refractivity (Wildman–Crippen MR) is 66.9 cm³/mol. The van der Waals surface area contributed by atoms with E-state index in [1.165, 1.54) is 0 Å². The third-order valence-electron chi connectivity index (χ3n) is 0.851. The minimum absolute atomic E-state index is 1.71. The fraction of sp³-hybridized carbons (Fsp3) is 0. The van der Waals surface area contributed by atoms with Crippen molar-refractivity contribution in [2.75, 3.05) is 0 Å². The number of rotatable bonds is 0. The van der Waals surface area contributed by atoms with Gasteiger partial charge in [-0.3, -0.25) is 0 Å². The van der Waals surface area contributed by atoms with E-state index in [4.69, 9.17) is 0 Å². The fourth-order valence-electron chi connectivity index (χ4n) is 0.438. The lowest BCUT2D eigenvalue weighted by molar-refractivity contribution is 2.42. The topological polar surface area (TPSA) is 0 Å². The normalized spacial score (nSPS) is 18.7. The molecule has 4 heteroatoms. The Bertz CT molecular complexity index is 151. The summed E-state index contributed by atoms with van der Waals surface area (Å²) in [6.45, 7) is 0. The minimum atomic E-state index is 1.71. The predicted octanol–water partition coefficient (Wildman–Crippen LogP) is 4.82. The van der Waals surface area contributed by atoms with Gasteiger partial charge in [0.1, 0.15) is 0 Å². The van der Waals surface area contributed by atoms with Gasteiger partial charge in [-0.25, -0.2) is 0 Å². The van der Waals surface area contributed by atoms with Crippen molar-refractivity contribution in [2.24, 2.45) is 0 Å². The maximum Gasteiger partial charge on any atom is -0.0181 e. The van der Waals surface area contributed by atoms with Gasteiger partial charge in [-0.05, 0) is 43.3 Å². The second-order valence-corrected chi connectivity index (χ2v) is 4.90. The van der Waals surface area contributed by atoms with E-state index in [1.54, 1.807) is 47.0 Å². The van der Waals surface area contributed by atoms with Gasteiger partial charge in [0.05, 0.1) is 0 Å². The van der Waals surface area contributed by atoms with Crippen LogP contribution in [0.1, 0.15) is 0 Å². The molecule has 0 bridgehead atoms. The summed E-state index contributed by atoms with van der Waals surface area (Å²) in [6, 6.07) is 0. The molecule has 0 radical (unpaired) electrons. The summed E-state index contributed by atoms with van der Waals surface area (Å²) in [5.41, 5.74) is 0. The second-order valence-electron chi connectivity index (χ2n) is 1.63. The molecule has 0 unspecified atom stereocenters. The maximum atomic E-state index is 2.06. The van der Waals surface area contributed by atoms with Gasteiger partial charge in [-0.15, -0.1) is 47.0 Å². The molecule has 0 aromatic heterocycles. The zero-order valence-corrected chi connectivity index (χ0v) is 9.52. The van der Waals surface area contributed by atoms with Crippen molar-refractivity contribution >= 4 is 47.0 Å². The van der Waals surface area contributed by atoms with Crippen LogP contribution in [0.15, 0.2) is 43.3 Å². The van der Waals surface area contributed by atoms with Crippen LogP contribution in [-0.4, -0.2) is 0 Å². The van der Waals surface area contributed by atoms with E-state index in [0.717, 1.165) is 0 Å². The Morgan fingerprint density at radius 2 is 0.500 bits per heavy atom. The van der Waals surface area contributed by atoms with Gasteiger partial charge in [-0.1, -0.05) is 0 Å². The van der Waals surface area contributed by atoms with E-state index in [0.29, 0.717) is 0 Å². The van der Waals surface area contributed by atoms with Gasteiger partial charge in [0, 0.05) is 0 Å². The van der Waals surface area contributed by atoms with Gasteiger partial charge in [-0.2, -0.15) is 0 Å². The molecule has 0 nitrogen and oxygen atoms in total. The summed E-state index contributed by atoms with van der Waals surface area (Å²) < 4.78 is 0. The molecule has 0 aliphatic carbocycles. The molecule has 2 heterocycles. The van der Waals surface area contributed by atoms with E-state index in [2.05, 4.69) is 43.3 Å². The summed E-state index contributed by atoms with van der Waals surface area (Å²) in [7, 11) is 0. The summed E-state index contributed by atoms with van der Waals surface area (Å²) >= 11 is 6.85. The van der Waals surface area contributed by atoms with Crippen molar-refractivity contribution < 1.29 is 0 Å². The smallest absolute Gasteiger partial charge is 0.0181 e. The quantitative estimate of drug-likeness (QED) is 0.587. The molecule has 0 saturated heterocycles. The standard InChI is InChI=1S/2C4H4S2/c2*1-2-6-4-3-5-1/h2*1-4H. The minimum Gasteiger partial charge on any atom is -0.105 e. The Balaban J connectivity index is 0.000000120. The van der Waals surface area contributed by atoms with Gasteiger partial charge >= 0.3 is 0 Å². The van der Waals surface area contributed by atoms with E-state index >= 15 is 0 Å². The van der Waals surface area contributed by atoms with Crippen LogP contribution >= 0.6 is 47.0 Å². The first kappa shape index (κ1) is 10.4. The zero-order chi connectivity index (χ0) is 8.49. The molecule has 0 amide bonds. The second kappa shape index (κ2) is 7.98. The van der Waals surface area contributed by atoms with E-state index < -0.39 is 0 Å². The average molecular weight is 232 g/mol. The third kappa shape index (κ3) is 5.94. The van der Waals surface area contributed by atoms with Gasteiger partial charge in [0.15, 0.2) is 0 Å². The van der Waals surface area contributed by atoms with Gasteiger partial charge in [0.2, 0.25) is 0 Å². The summed E-state index contributed by atoms with van der Waals surface area (Å²) in [4.78, 5) is 0. The molecule has 0 aromatic rings. The highest BCUT2D eigenvalue weighted by atomic mass is 32.2. The number of thioether (sulfide) groups is 4. The first-order valence-electron chi connectivity index (χ1n) is 3.22. The van der Waals surface area contributed by atoms with Crippen LogP contribution < -0.4 is 0 Å². The molecule has 0 spiro atoms. The molecule has 0 aromatic carbocycles. The molecule has 12 heavy (non-hydrogen) atoms. The first-order valence-corrected chi connectivity index (χ1v) is 6.99. The maximum absolute atomic E-state index is 2.06. The monoisotopic (exact) mass is 232 g/mol. The summed E-state index contributed by atoms with van der Waals surface area (Å²) in [5, 5.41) is 16.5. The number of hydrogen-bond donors (Lipinski definition) is 0. The van der Waals surface area contributed by atoms with Crippen LogP contribution in [0.3, 0.4) is 0 Å². The average Bonchev–Trinajstić information content (AvgIpc) is 2.24. The summed E-state index contributed by atoms with van der Waals surface area (Å²) in [6.07, 6.45) is 0. The highest BCUT2D eigenvalue weighted by molar-refractivity contribution is 8.11. The molecule has 0 N–H and O–H groups in total. The van der Waals surface area contributed by atoms with Crippen LogP contribution in [0.2, 0.25) is 0 Å². The Morgan fingerprint density at radius 3 is 0.583 bits per heavy atom. The van der Waals surface area contributed by atoms with Crippen molar-refractivity contribution in [2.45, 2.75) is 0 Å². The van der Waals surface area contributed by atoms with Crippen LogP contribution in [-0.2, 0) is 0 Å². The van der Waals surface area contributed by atoms with Crippen molar-refractivity contribution in [3.05, 3.63) is 43.3 Å². The highest BCUT2D eigenvalue weighted by Gasteiger charge is 1.77. The molecule has 2 rings (SSSR count). The number of hydrogen-bond acceptors (Lipinski definition) is 4. The lowest BCUT2D eigenvalue weighted by Crippen LogP contribution is -1.49. The molecule has 0 saturated carbocycles. The van der Waals surface area contributed by atoms with Crippen molar-refractivity contribution in [3.63, 3.8) is 0 Å². The molecule has 2 aliphatic rings. The van der Waals surface area contributed by atoms with Gasteiger partial charge in [0.25, 0.3) is 0 Å². The lowest BCUT2D eigenvalue weighted by atomic mass is 11.2. The fourth-order valence-corrected chi connectivity index (χ4v) is 2.85. The van der Waals surface area contributed by atoms with Crippen molar-refractivity contribution in [1.82, 2.24) is 0 Å². The van der Waals surface area contributed by atoms with Gasteiger partial charge < -0.3 is 0 Å². The van der Waals surface area contributed by atoms with Crippen LogP contribution in [0.25, 0.3) is 0 Å². The van der Waals surface area contributed by atoms with E-state index in [-0.39, 0.29) is 0 Å². The Kier molecular flexibility index (Phi) is 6.94. The van der Waals surface area contributed by atoms with Crippen molar-refractivity contribution in [3.8, 4) is 0 Å². The molecular weight excluding hydrogens is 224 g/mol. The molecule has 0 fully saturated rings. The van der Waals surface area contributed by atoms with Crippen LogP contribution in [0.4, 0.5) is 0 Å². The Labute approximate surface area is 90.0 Å². The SMILES string of the molecule is C1=CSC=CS1.C1=CSC=CS1. The van der Waals surface area contributed by atoms with Crippen molar-refractivity contribution in [1.29, 1.82) is 0 Å². The zero-order valence-electron chi connectivity index (χ0n) is 6.25. The third-order valence-corrected chi connectivity index (χ3v) is 3.89.